The predicted molar refractivity (Wildman–Crippen MR) is 65.5 cm³/mol. The monoisotopic (exact) mass is 250 g/mol. The van der Waals surface area contributed by atoms with Gasteiger partial charge in [0.25, 0.3) is 0 Å². The van der Waals surface area contributed by atoms with Crippen molar-refractivity contribution >= 4 is 9.84 Å². The van der Waals surface area contributed by atoms with Crippen molar-refractivity contribution in [3.63, 3.8) is 0 Å². The minimum Gasteiger partial charge on any atom is -0.272 e. The van der Waals surface area contributed by atoms with Crippen LogP contribution < -0.4 is 0 Å². The maximum absolute atomic E-state index is 12.0. The van der Waals surface area contributed by atoms with Crippen molar-refractivity contribution < 1.29 is 8.42 Å². The molecule has 0 saturated heterocycles. The van der Waals surface area contributed by atoms with Crippen molar-refractivity contribution in [3.8, 4) is 0 Å². The largest absolute Gasteiger partial charge is 0.272 e. The van der Waals surface area contributed by atoms with Gasteiger partial charge in [-0.25, -0.2) is 8.42 Å². The highest BCUT2D eigenvalue weighted by Crippen LogP contribution is 2.13. The quantitative estimate of drug-likeness (QED) is 0.829. The van der Waals surface area contributed by atoms with Crippen molar-refractivity contribution in [2.75, 3.05) is 5.75 Å². The smallest absolute Gasteiger partial charge is 0.180 e. The molecular weight excluding hydrogens is 236 g/mol. The fourth-order valence-corrected chi connectivity index (χ4v) is 2.89. The van der Waals surface area contributed by atoms with Crippen LogP contribution in [0.1, 0.15) is 5.56 Å². The van der Waals surface area contributed by atoms with Gasteiger partial charge in [0.1, 0.15) is 0 Å². The molecule has 1 heterocycles. The van der Waals surface area contributed by atoms with Crippen LogP contribution in [0, 0.1) is 6.92 Å². The predicted octanol–water partition coefficient (Wildman–Crippen LogP) is 1.67. The lowest BCUT2D eigenvalue weighted by Crippen LogP contribution is -2.13. The van der Waals surface area contributed by atoms with Gasteiger partial charge in [-0.05, 0) is 30.7 Å². The van der Waals surface area contributed by atoms with Crippen LogP contribution in [-0.2, 0) is 16.4 Å². The maximum atomic E-state index is 12.0. The number of rotatable bonds is 4. The van der Waals surface area contributed by atoms with Crippen molar-refractivity contribution in [2.45, 2.75) is 18.4 Å². The molecule has 90 valence electrons. The molecule has 0 aliphatic carbocycles. The molecule has 0 amide bonds. The van der Waals surface area contributed by atoms with E-state index >= 15 is 0 Å². The van der Waals surface area contributed by atoms with Gasteiger partial charge in [-0.1, -0.05) is 12.1 Å². The van der Waals surface area contributed by atoms with Gasteiger partial charge in [0.05, 0.1) is 17.2 Å². The van der Waals surface area contributed by atoms with Crippen LogP contribution in [0.25, 0.3) is 0 Å². The summed E-state index contributed by atoms with van der Waals surface area (Å²) in [5.74, 6) is 0.0676. The molecule has 0 radical (unpaired) electrons. The van der Waals surface area contributed by atoms with Gasteiger partial charge in [0.2, 0.25) is 0 Å². The number of aryl methyl sites for hydroxylation is 2. The summed E-state index contributed by atoms with van der Waals surface area (Å²) in [6.07, 6.45) is 3.39. The average molecular weight is 250 g/mol. The molecule has 0 saturated carbocycles. The van der Waals surface area contributed by atoms with Crippen molar-refractivity contribution in [1.82, 2.24) is 9.78 Å². The van der Waals surface area contributed by atoms with E-state index in [1.807, 2.05) is 13.0 Å². The maximum Gasteiger partial charge on any atom is 0.180 e. The van der Waals surface area contributed by atoms with Crippen LogP contribution in [0.3, 0.4) is 0 Å². The minimum absolute atomic E-state index is 0.0676. The summed E-state index contributed by atoms with van der Waals surface area (Å²) < 4.78 is 25.7. The lowest BCUT2D eigenvalue weighted by molar-refractivity contribution is 0.580. The first-order valence-electron chi connectivity index (χ1n) is 5.35. The third kappa shape index (κ3) is 2.94. The number of nitrogens with zero attached hydrogens (tertiary/aromatic N) is 2. The Morgan fingerprint density at radius 1 is 1.29 bits per heavy atom. The van der Waals surface area contributed by atoms with Gasteiger partial charge < -0.3 is 0 Å². The Kier molecular flexibility index (Phi) is 3.28. The van der Waals surface area contributed by atoms with E-state index in [0.717, 1.165) is 5.56 Å². The van der Waals surface area contributed by atoms with E-state index < -0.39 is 9.84 Å². The highest BCUT2D eigenvalue weighted by Gasteiger charge is 2.14. The van der Waals surface area contributed by atoms with Gasteiger partial charge in [0, 0.05) is 12.4 Å². The molecule has 0 bridgehead atoms. The Balaban J connectivity index is 2.14. The highest BCUT2D eigenvalue weighted by molar-refractivity contribution is 7.91. The molecule has 1 aromatic carbocycles. The topological polar surface area (TPSA) is 52.0 Å². The molecular formula is C12H14N2O2S. The van der Waals surface area contributed by atoms with E-state index in [1.165, 1.54) is 0 Å². The summed E-state index contributed by atoms with van der Waals surface area (Å²) in [6.45, 7) is 2.26. The zero-order valence-electron chi connectivity index (χ0n) is 9.57. The number of hydrogen-bond acceptors (Lipinski definition) is 3. The lowest BCUT2D eigenvalue weighted by Gasteiger charge is -2.05. The molecule has 0 aliphatic heterocycles. The first kappa shape index (κ1) is 11.9. The van der Waals surface area contributed by atoms with Crippen molar-refractivity contribution in [2.24, 2.45) is 0 Å². The molecule has 0 aliphatic rings. The van der Waals surface area contributed by atoms with E-state index in [4.69, 9.17) is 0 Å². The minimum atomic E-state index is -3.22. The molecule has 0 spiro atoms. The number of hydrogen-bond donors (Lipinski definition) is 0. The number of aromatic nitrogens is 2. The summed E-state index contributed by atoms with van der Waals surface area (Å²) in [5, 5.41) is 3.98. The Labute approximate surface area is 101 Å². The number of sulfone groups is 1. The summed E-state index contributed by atoms with van der Waals surface area (Å²) in [4.78, 5) is 0.379. The molecule has 17 heavy (non-hydrogen) atoms. The molecule has 0 N–H and O–H groups in total. The standard InChI is InChI=1S/C12H14N2O2S/c1-11-4-2-5-12(10-11)17(15,16)9-8-14-7-3-6-13-14/h2-7,10H,8-9H2,1H3. The van der Waals surface area contributed by atoms with Crippen LogP contribution in [-0.4, -0.2) is 24.0 Å². The first-order valence-corrected chi connectivity index (χ1v) is 7.00. The molecule has 2 rings (SSSR count). The summed E-state index contributed by atoms with van der Waals surface area (Å²) in [5.41, 5.74) is 0.949. The molecule has 4 nitrogen and oxygen atoms in total. The zero-order chi connectivity index (χ0) is 12.3. The van der Waals surface area contributed by atoms with Crippen LogP contribution in [0.15, 0.2) is 47.6 Å². The first-order chi connectivity index (χ1) is 8.08. The molecule has 1 aromatic heterocycles. The van der Waals surface area contributed by atoms with E-state index in [9.17, 15) is 8.42 Å². The molecule has 5 heteroatoms. The molecule has 0 atom stereocenters. The van der Waals surface area contributed by atoms with Gasteiger partial charge in [-0.3, -0.25) is 4.68 Å². The van der Waals surface area contributed by atoms with Crippen LogP contribution in [0.4, 0.5) is 0 Å². The van der Waals surface area contributed by atoms with Crippen molar-refractivity contribution in [1.29, 1.82) is 0 Å². The summed E-state index contributed by atoms with van der Waals surface area (Å²) in [7, 11) is -3.22. The highest BCUT2D eigenvalue weighted by atomic mass is 32.2. The van der Waals surface area contributed by atoms with Gasteiger partial charge in [-0.2, -0.15) is 5.10 Å². The third-order valence-electron chi connectivity index (χ3n) is 2.50. The van der Waals surface area contributed by atoms with E-state index in [2.05, 4.69) is 5.10 Å². The van der Waals surface area contributed by atoms with E-state index in [-0.39, 0.29) is 5.75 Å². The Morgan fingerprint density at radius 3 is 2.76 bits per heavy atom. The van der Waals surface area contributed by atoms with Gasteiger partial charge in [-0.15, -0.1) is 0 Å². The van der Waals surface area contributed by atoms with Crippen LogP contribution in [0.5, 0.6) is 0 Å². The molecule has 2 aromatic rings. The Morgan fingerprint density at radius 2 is 2.12 bits per heavy atom. The number of benzene rings is 1. The second-order valence-corrected chi connectivity index (χ2v) is 6.01. The van der Waals surface area contributed by atoms with Crippen molar-refractivity contribution in [3.05, 3.63) is 48.3 Å². The van der Waals surface area contributed by atoms with Gasteiger partial charge >= 0.3 is 0 Å². The van der Waals surface area contributed by atoms with E-state index in [1.54, 1.807) is 41.3 Å². The SMILES string of the molecule is Cc1cccc(S(=O)(=O)CCn2cccn2)c1. The fraction of sp³-hybridized carbons (Fsp3) is 0.250. The van der Waals surface area contributed by atoms with Gasteiger partial charge in [0.15, 0.2) is 9.84 Å². The Bertz CT molecular complexity index is 589. The van der Waals surface area contributed by atoms with Crippen LogP contribution >= 0.6 is 0 Å². The third-order valence-corrected chi connectivity index (χ3v) is 4.19. The zero-order valence-corrected chi connectivity index (χ0v) is 10.4. The average Bonchev–Trinajstić information content (AvgIpc) is 2.79. The molecule has 0 fully saturated rings. The summed E-state index contributed by atoms with van der Waals surface area (Å²) >= 11 is 0. The Hall–Kier alpha value is -1.62. The lowest BCUT2D eigenvalue weighted by atomic mass is 10.2. The normalized spacial score (nSPS) is 11.6. The second-order valence-electron chi connectivity index (χ2n) is 3.90. The summed E-state index contributed by atoms with van der Waals surface area (Å²) in [6, 6.07) is 8.74. The molecule has 0 unspecified atom stereocenters. The van der Waals surface area contributed by atoms with Crippen LogP contribution in [0.2, 0.25) is 0 Å². The second kappa shape index (κ2) is 4.71. The fourth-order valence-electron chi connectivity index (χ4n) is 1.57. The van der Waals surface area contributed by atoms with E-state index in [0.29, 0.717) is 11.4 Å².